The van der Waals surface area contributed by atoms with Gasteiger partial charge in [-0.1, -0.05) is 34.1 Å². The predicted octanol–water partition coefficient (Wildman–Crippen LogP) is 4.08. The smallest absolute Gasteiger partial charge is 0.267 e. The van der Waals surface area contributed by atoms with Gasteiger partial charge < -0.3 is 4.90 Å². The molecule has 0 unspecified atom stereocenters. The fraction of sp³-hybridized carbons (Fsp3) is 0.267. The molecule has 1 saturated heterocycles. The molecule has 1 heterocycles. The molecule has 2 nitrogen and oxygen atoms in total. The second kappa shape index (κ2) is 4.81. The summed E-state index contributed by atoms with van der Waals surface area (Å²) in [6.07, 6.45) is -0.252. The Morgan fingerprint density at radius 1 is 1.25 bits per heavy atom. The first-order chi connectivity index (χ1) is 9.46. The van der Waals surface area contributed by atoms with Gasteiger partial charge in [-0.2, -0.15) is 0 Å². The SMILES string of the molecule is O=C(c1ccc2c(Br)cccc2c1)N1CCC(F)(F)C1. The molecule has 0 N–H and O–H groups in total. The lowest BCUT2D eigenvalue weighted by Crippen LogP contribution is -2.31. The van der Waals surface area contributed by atoms with Crippen molar-refractivity contribution >= 4 is 32.6 Å². The first kappa shape index (κ1) is 13.5. The monoisotopic (exact) mass is 339 g/mol. The predicted molar refractivity (Wildman–Crippen MR) is 77.1 cm³/mol. The molecule has 0 spiro atoms. The van der Waals surface area contributed by atoms with E-state index in [1.807, 2.05) is 24.3 Å². The van der Waals surface area contributed by atoms with E-state index < -0.39 is 12.5 Å². The lowest BCUT2D eigenvalue weighted by atomic mass is 10.1. The number of hydrogen-bond acceptors (Lipinski definition) is 1. The summed E-state index contributed by atoms with van der Waals surface area (Å²) in [5, 5.41) is 1.91. The Balaban J connectivity index is 1.93. The minimum Gasteiger partial charge on any atom is -0.332 e. The molecule has 1 amide bonds. The van der Waals surface area contributed by atoms with Gasteiger partial charge in [-0.15, -0.1) is 0 Å². The largest absolute Gasteiger partial charge is 0.332 e. The molecule has 20 heavy (non-hydrogen) atoms. The summed E-state index contributed by atoms with van der Waals surface area (Å²) >= 11 is 3.45. The van der Waals surface area contributed by atoms with Gasteiger partial charge in [0.15, 0.2) is 0 Å². The van der Waals surface area contributed by atoms with E-state index in [0.29, 0.717) is 5.56 Å². The van der Waals surface area contributed by atoms with Crippen LogP contribution in [0.3, 0.4) is 0 Å². The summed E-state index contributed by atoms with van der Waals surface area (Å²) in [4.78, 5) is 13.5. The fourth-order valence-electron chi connectivity index (χ4n) is 2.47. The van der Waals surface area contributed by atoms with Crippen molar-refractivity contribution in [1.29, 1.82) is 0 Å². The standard InChI is InChI=1S/C15H12BrF2NO/c16-13-3-1-2-10-8-11(4-5-12(10)13)14(20)19-7-6-15(17,18)9-19/h1-5,8H,6-7,9H2. The van der Waals surface area contributed by atoms with Crippen molar-refractivity contribution in [3.63, 3.8) is 0 Å². The van der Waals surface area contributed by atoms with Gasteiger partial charge in [-0.25, -0.2) is 8.78 Å². The number of fused-ring (bicyclic) bond motifs is 1. The minimum atomic E-state index is -2.75. The average Bonchev–Trinajstić information content (AvgIpc) is 2.78. The summed E-state index contributed by atoms with van der Waals surface area (Å²) in [5.41, 5.74) is 0.452. The van der Waals surface area contributed by atoms with Crippen LogP contribution in [0.5, 0.6) is 0 Å². The van der Waals surface area contributed by atoms with Crippen molar-refractivity contribution in [2.45, 2.75) is 12.3 Å². The molecule has 0 radical (unpaired) electrons. The minimum absolute atomic E-state index is 0.113. The Morgan fingerprint density at radius 2 is 2.05 bits per heavy atom. The lowest BCUT2D eigenvalue weighted by Gasteiger charge is -2.16. The number of carbonyl (C=O) groups excluding carboxylic acids is 1. The van der Waals surface area contributed by atoms with Crippen molar-refractivity contribution in [2.24, 2.45) is 0 Å². The molecule has 2 aromatic carbocycles. The normalized spacial score (nSPS) is 17.6. The molecule has 5 heteroatoms. The second-order valence-corrected chi connectivity index (χ2v) is 5.86. The summed E-state index contributed by atoms with van der Waals surface area (Å²) in [6.45, 7) is -0.370. The third-order valence-corrected chi connectivity index (χ3v) is 4.22. The highest BCUT2D eigenvalue weighted by Crippen LogP contribution is 2.29. The van der Waals surface area contributed by atoms with Crippen LogP contribution in [-0.4, -0.2) is 29.8 Å². The molecule has 0 bridgehead atoms. The number of hydrogen-bond donors (Lipinski definition) is 0. The average molecular weight is 340 g/mol. The maximum absolute atomic E-state index is 13.2. The van der Waals surface area contributed by atoms with Gasteiger partial charge in [0, 0.05) is 23.0 Å². The van der Waals surface area contributed by atoms with Crippen molar-refractivity contribution in [3.8, 4) is 0 Å². The number of carbonyl (C=O) groups is 1. The molecule has 2 aromatic rings. The van der Waals surface area contributed by atoms with Crippen LogP contribution >= 0.6 is 15.9 Å². The quantitative estimate of drug-likeness (QED) is 0.766. The van der Waals surface area contributed by atoms with Crippen molar-refractivity contribution in [1.82, 2.24) is 4.90 Å². The maximum atomic E-state index is 13.2. The maximum Gasteiger partial charge on any atom is 0.267 e. The van der Waals surface area contributed by atoms with Gasteiger partial charge in [-0.3, -0.25) is 4.79 Å². The van der Waals surface area contributed by atoms with E-state index in [2.05, 4.69) is 15.9 Å². The first-order valence-corrected chi connectivity index (χ1v) is 7.11. The Kier molecular flexibility index (Phi) is 3.24. The molecule has 3 rings (SSSR count). The Labute approximate surface area is 123 Å². The van der Waals surface area contributed by atoms with E-state index >= 15 is 0 Å². The Hall–Kier alpha value is -1.49. The van der Waals surface area contributed by atoms with Crippen molar-refractivity contribution < 1.29 is 13.6 Å². The topological polar surface area (TPSA) is 20.3 Å². The number of benzene rings is 2. The highest BCUT2D eigenvalue weighted by molar-refractivity contribution is 9.10. The lowest BCUT2D eigenvalue weighted by molar-refractivity contribution is 0.0120. The number of nitrogens with zero attached hydrogens (tertiary/aromatic N) is 1. The van der Waals surface area contributed by atoms with E-state index in [1.165, 1.54) is 4.90 Å². The second-order valence-electron chi connectivity index (χ2n) is 5.01. The molecule has 1 aliphatic rings. The van der Waals surface area contributed by atoms with Crippen molar-refractivity contribution in [2.75, 3.05) is 13.1 Å². The van der Waals surface area contributed by atoms with E-state index in [4.69, 9.17) is 0 Å². The van der Waals surface area contributed by atoms with Crippen LogP contribution in [0.1, 0.15) is 16.8 Å². The number of rotatable bonds is 1. The van der Waals surface area contributed by atoms with Crippen LogP contribution in [0, 0.1) is 0 Å². The first-order valence-electron chi connectivity index (χ1n) is 6.32. The van der Waals surface area contributed by atoms with E-state index in [9.17, 15) is 13.6 Å². The van der Waals surface area contributed by atoms with Gasteiger partial charge >= 0.3 is 0 Å². The van der Waals surface area contributed by atoms with Gasteiger partial charge in [0.2, 0.25) is 0 Å². The van der Waals surface area contributed by atoms with Gasteiger partial charge in [0.05, 0.1) is 6.54 Å². The van der Waals surface area contributed by atoms with Crippen LogP contribution in [0.15, 0.2) is 40.9 Å². The zero-order chi connectivity index (χ0) is 14.3. The molecule has 0 aliphatic carbocycles. The molecule has 1 aliphatic heterocycles. The van der Waals surface area contributed by atoms with Crippen molar-refractivity contribution in [3.05, 3.63) is 46.4 Å². The van der Waals surface area contributed by atoms with E-state index in [-0.39, 0.29) is 18.9 Å². The van der Waals surface area contributed by atoms with E-state index in [1.54, 1.807) is 12.1 Å². The van der Waals surface area contributed by atoms with E-state index in [0.717, 1.165) is 15.2 Å². The van der Waals surface area contributed by atoms with Gasteiger partial charge in [0.1, 0.15) is 0 Å². The number of halogens is 3. The Bertz CT molecular complexity index is 687. The molecule has 1 fully saturated rings. The van der Waals surface area contributed by atoms with Crippen LogP contribution in [0.25, 0.3) is 10.8 Å². The molecule has 0 saturated carbocycles. The number of alkyl halides is 2. The van der Waals surface area contributed by atoms with Gasteiger partial charge in [-0.05, 0) is 29.0 Å². The highest BCUT2D eigenvalue weighted by atomic mass is 79.9. The highest BCUT2D eigenvalue weighted by Gasteiger charge is 2.40. The van der Waals surface area contributed by atoms with Crippen LogP contribution in [-0.2, 0) is 0 Å². The zero-order valence-corrected chi connectivity index (χ0v) is 12.2. The summed E-state index contributed by atoms with van der Waals surface area (Å²) in [7, 11) is 0. The zero-order valence-electron chi connectivity index (χ0n) is 10.6. The molecular weight excluding hydrogens is 328 g/mol. The third kappa shape index (κ3) is 2.42. The fourth-order valence-corrected chi connectivity index (χ4v) is 2.98. The summed E-state index contributed by atoms with van der Waals surface area (Å²) < 4.78 is 27.3. The van der Waals surface area contributed by atoms with Crippen LogP contribution in [0.2, 0.25) is 0 Å². The van der Waals surface area contributed by atoms with Gasteiger partial charge in [0.25, 0.3) is 11.8 Å². The molecular formula is C15H12BrF2NO. The number of likely N-dealkylation sites (tertiary alicyclic amines) is 1. The number of amides is 1. The summed E-state index contributed by atoms with van der Waals surface area (Å²) in [5.74, 6) is -3.08. The molecule has 0 atom stereocenters. The summed E-state index contributed by atoms with van der Waals surface area (Å²) in [6, 6.07) is 11.0. The Morgan fingerprint density at radius 3 is 2.75 bits per heavy atom. The van der Waals surface area contributed by atoms with Crippen LogP contribution < -0.4 is 0 Å². The molecule has 104 valence electrons. The molecule has 0 aromatic heterocycles. The van der Waals surface area contributed by atoms with Crippen LogP contribution in [0.4, 0.5) is 8.78 Å². The third-order valence-electron chi connectivity index (χ3n) is 3.53.